The predicted octanol–water partition coefficient (Wildman–Crippen LogP) is 4.29. The van der Waals surface area contributed by atoms with Crippen LogP contribution >= 0.6 is 23.2 Å². The van der Waals surface area contributed by atoms with Crippen molar-refractivity contribution in [3.63, 3.8) is 0 Å². The fourth-order valence-electron chi connectivity index (χ4n) is 2.29. The van der Waals surface area contributed by atoms with Crippen molar-refractivity contribution in [1.82, 2.24) is 5.32 Å². The summed E-state index contributed by atoms with van der Waals surface area (Å²) in [6.45, 7) is 7.16. The first-order valence-electron chi connectivity index (χ1n) is 7.47. The fraction of sp³-hybridized carbons (Fsp3) is 0.625. The predicted molar refractivity (Wildman–Crippen MR) is 89.6 cm³/mol. The van der Waals surface area contributed by atoms with Gasteiger partial charge in [-0.15, -0.1) is 0 Å². The number of aliphatic hydroxyl groups excluding tert-OH is 1. The number of nitrogens with one attached hydrogen (secondary N) is 1. The van der Waals surface area contributed by atoms with Crippen LogP contribution in [0.1, 0.15) is 40.0 Å². The minimum atomic E-state index is -0.593. The van der Waals surface area contributed by atoms with Gasteiger partial charge in [-0.2, -0.15) is 0 Å². The largest absolute Gasteiger partial charge is 0.489 e. The van der Waals surface area contributed by atoms with Gasteiger partial charge < -0.3 is 15.2 Å². The summed E-state index contributed by atoms with van der Waals surface area (Å²) in [5.74, 6) is 0.496. The lowest BCUT2D eigenvalue weighted by Crippen LogP contribution is -2.47. The Morgan fingerprint density at radius 2 is 1.81 bits per heavy atom. The van der Waals surface area contributed by atoms with Crippen molar-refractivity contribution in [2.24, 2.45) is 0 Å². The Morgan fingerprint density at radius 1 is 1.19 bits per heavy atom. The Morgan fingerprint density at radius 3 is 2.38 bits per heavy atom. The van der Waals surface area contributed by atoms with E-state index in [1.165, 1.54) is 0 Å². The number of benzene rings is 1. The maximum absolute atomic E-state index is 10.1. The summed E-state index contributed by atoms with van der Waals surface area (Å²) in [7, 11) is 0. The first-order valence-corrected chi connectivity index (χ1v) is 8.22. The van der Waals surface area contributed by atoms with Gasteiger partial charge in [0.05, 0.1) is 5.02 Å². The SMILES string of the molecule is CCC(CC)(CC)NCC(O)COc1cc(Cl)ccc1Cl. The maximum atomic E-state index is 10.1. The van der Waals surface area contributed by atoms with Crippen molar-refractivity contribution in [2.45, 2.75) is 51.7 Å². The van der Waals surface area contributed by atoms with Gasteiger partial charge in [0.15, 0.2) is 0 Å². The van der Waals surface area contributed by atoms with Gasteiger partial charge in [0, 0.05) is 23.2 Å². The van der Waals surface area contributed by atoms with E-state index in [1.807, 2.05) is 0 Å². The Bertz CT molecular complexity index is 428. The molecule has 0 heterocycles. The third-order valence-corrected chi connectivity index (χ3v) is 4.61. The topological polar surface area (TPSA) is 41.5 Å². The zero-order valence-electron chi connectivity index (χ0n) is 13.0. The monoisotopic (exact) mass is 333 g/mol. The molecule has 0 aromatic heterocycles. The summed E-state index contributed by atoms with van der Waals surface area (Å²) >= 11 is 11.9. The molecule has 0 saturated heterocycles. The van der Waals surface area contributed by atoms with Crippen LogP contribution in [0, 0.1) is 0 Å². The molecule has 21 heavy (non-hydrogen) atoms. The standard InChI is InChI=1S/C16H25Cl2NO2/c1-4-16(5-2,6-3)19-10-13(20)11-21-15-9-12(17)7-8-14(15)18/h7-9,13,19-20H,4-6,10-11H2,1-3H3. The van der Waals surface area contributed by atoms with Crippen LogP contribution in [-0.2, 0) is 0 Å². The lowest BCUT2D eigenvalue weighted by molar-refractivity contribution is 0.0943. The molecule has 0 spiro atoms. The number of rotatable bonds is 9. The molecule has 2 N–H and O–H groups in total. The molecule has 1 aromatic rings. The van der Waals surface area contributed by atoms with Crippen LogP contribution < -0.4 is 10.1 Å². The highest BCUT2D eigenvalue weighted by Gasteiger charge is 2.23. The van der Waals surface area contributed by atoms with E-state index >= 15 is 0 Å². The van der Waals surface area contributed by atoms with Crippen LogP contribution in [0.5, 0.6) is 5.75 Å². The minimum Gasteiger partial charge on any atom is -0.489 e. The van der Waals surface area contributed by atoms with Gasteiger partial charge in [-0.3, -0.25) is 0 Å². The number of halogens is 2. The lowest BCUT2D eigenvalue weighted by atomic mass is 9.90. The number of aliphatic hydroxyl groups is 1. The molecule has 1 atom stereocenters. The first kappa shape index (κ1) is 18.6. The van der Waals surface area contributed by atoms with Crippen LogP contribution in [0.3, 0.4) is 0 Å². The second kappa shape index (κ2) is 8.84. The highest BCUT2D eigenvalue weighted by Crippen LogP contribution is 2.27. The van der Waals surface area contributed by atoms with Gasteiger partial charge in [0.1, 0.15) is 18.5 Å². The molecule has 5 heteroatoms. The van der Waals surface area contributed by atoms with Crippen LogP contribution in [0.15, 0.2) is 18.2 Å². The Balaban J connectivity index is 2.47. The van der Waals surface area contributed by atoms with Crippen molar-refractivity contribution in [3.8, 4) is 5.75 Å². The third kappa shape index (κ3) is 5.67. The summed E-state index contributed by atoms with van der Waals surface area (Å²) < 4.78 is 5.54. The summed E-state index contributed by atoms with van der Waals surface area (Å²) in [6, 6.07) is 5.03. The number of β-amino-alcohol motifs (C(OH)–C–C–N with tert-alkyl or cyclic N) is 1. The molecule has 0 aliphatic rings. The molecule has 0 aliphatic carbocycles. The Hall–Kier alpha value is -0.480. The molecule has 1 aromatic carbocycles. The van der Waals surface area contributed by atoms with Crippen molar-refractivity contribution in [2.75, 3.05) is 13.2 Å². The number of ether oxygens (including phenoxy) is 1. The van der Waals surface area contributed by atoms with Crippen molar-refractivity contribution in [1.29, 1.82) is 0 Å². The van der Waals surface area contributed by atoms with Crippen LogP contribution in [-0.4, -0.2) is 29.9 Å². The van der Waals surface area contributed by atoms with Gasteiger partial charge in [0.25, 0.3) is 0 Å². The lowest BCUT2D eigenvalue weighted by Gasteiger charge is -2.33. The van der Waals surface area contributed by atoms with E-state index in [4.69, 9.17) is 27.9 Å². The van der Waals surface area contributed by atoms with Crippen molar-refractivity contribution in [3.05, 3.63) is 28.2 Å². The van der Waals surface area contributed by atoms with Gasteiger partial charge >= 0.3 is 0 Å². The van der Waals surface area contributed by atoms with E-state index in [1.54, 1.807) is 18.2 Å². The van der Waals surface area contributed by atoms with Crippen LogP contribution in [0.25, 0.3) is 0 Å². The van der Waals surface area contributed by atoms with E-state index in [-0.39, 0.29) is 12.1 Å². The molecule has 1 unspecified atom stereocenters. The molecule has 0 saturated carbocycles. The normalized spacial score (nSPS) is 13.2. The Labute approximate surface area is 137 Å². The highest BCUT2D eigenvalue weighted by molar-refractivity contribution is 6.34. The minimum absolute atomic E-state index is 0.0919. The summed E-state index contributed by atoms with van der Waals surface area (Å²) in [5, 5.41) is 14.6. The molecule has 0 aliphatic heterocycles. The van der Waals surface area contributed by atoms with E-state index in [2.05, 4.69) is 26.1 Å². The van der Waals surface area contributed by atoms with E-state index < -0.39 is 6.10 Å². The van der Waals surface area contributed by atoms with Gasteiger partial charge in [-0.25, -0.2) is 0 Å². The number of hydrogen-bond donors (Lipinski definition) is 2. The zero-order chi connectivity index (χ0) is 15.9. The van der Waals surface area contributed by atoms with Gasteiger partial charge in [-0.1, -0.05) is 44.0 Å². The average Bonchev–Trinajstić information content (AvgIpc) is 2.50. The molecule has 0 bridgehead atoms. The average molecular weight is 334 g/mol. The maximum Gasteiger partial charge on any atom is 0.139 e. The second-order valence-corrected chi connectivity index (χ2v) is 6.11. The number of hydrogen-bond acceptors (Lipinski definition) is 3. The molecule has 0 radical (unpaired) electrons. The van der Waals surface area contributed by atoms with Gasteiger partial charge in [-0.05, 0) is 31.4 Å². The molecular formula is C16H25Cl2NO2. The highest BCUT2D eigenvalue weighted by atomic mass is 35.5. The molecule has 0 amide bonds. The summed E-state index contributed by atoms with van der Waals surface area (Å²) in [5.41, 5.74) is 0.0919. The molecule has 0 fully saturated rings. The molecular weight excluding hydrogens is 309 g/mol. The second-order valence-electron chi connectivity index (χ2n) is 5.26. The van der Waals surface area contributed by atoms with Crippen molar-refractivity contribution < 1.29 is 9.84 Å². The summed E-state index contributed by atoms with van der Waals surface area (Å²) in [4.78, 5) is 0. The van der Waals surface area contributed by atoms with Crippen LogP contribution in [0.2, 0.25) is 10.0 Å². The fourth-order valence-corrected chi connectivity index (χ4v) is 2.63. The van der Waals surface area contributed by atoms with Crippen molar-refractivity contribution >= 4 is 23.2 Å². The molecule has 3 nitrogen and oxygen atoms in total. The zero-order valence-corrected chi connectivity index (χ0v) is 14.5. The van der Waals surface area contributed by atoms with E-state index in [0.717, 1.165) is 19.3 Å². The smallest absolute Gasteiger partial charge is 0.139 e. The van der Waals surface area contributed by atoms with E-state index in [0.29, 0.717) is 22.3 Å². The van der Waals surface area contributed by atoms with Crippen LogP contribution in [0.4, 0.5) is 0 Å². The molecule has 1 rings (SSSR count). The quantitative estimate of drug-likeness (QED) is 0.708. The Kier molecular flexibility index (Phi) is 7.82. The third-order valence-electron chi connectivity index (χ3n) is 4.07. The molecule has 120 valence electrons. The van der Waals surface area contributed by atoms with E-state index in [9.17, 15) is 5.11 Å². The first-order chi connectivity index (χ1) is 9.96. The summed E-state index contributed by atoms with van der Waals surface area (Å²) in [6.07, 6.45) is 2.51. The van der Waals surface area contributed by atoms with Gasteiger partial charge in [0.2, 0.25) is 0 Å².